The molecule has 1 aliphatic carbocycles. The normalized spacial score (nSPS) is 25.9. The zero-order valence-corrected chi connectivity index (χ0v) is 8.70. The predicted octanol–water partition coefficient (Wildman–Crippen LogP) is 0.0235. The van der Waals surface area contributed by atoms with Crippen LogP contribution in [0.25, 0.3) is 0 Å². The molecule has 0 unspecified atom stereocenters. The average Bonchev–Trinajstić information content (AvgIpc) is 1.27. The summed E-state index contributed by atoms with van der Waals surface area (Å²) in [7, 11) is 0. The van der Waals surface area contributed by atoms with Gasteiger partial charge in [-0.05, 0) is 0 Å². The van der Waals surface area contributed by atoms with Gasteiger partial charge >= 0.3 is 27.3 Å². The number of halogens is 2. The van der Waals surface area contributed by atoms with Crippen molar-refractivity contribution in [2.45, 2.75) is 24.8 Å². The number of hydrogen-bond acceptors (Lipinski definition) is 0. The van der Waals surface area contributed by atoms with Crippen molar-refractivity contribution in [1.82, 2.24) is 0 Å². The van der Waals surface area contributed by atoms with Crippen LogP contribution in [0.4, 0.5) is 8.78 Å². The van der Waals surface area contributed by atoms with Crippen LogP contribution in [0, 0.1) is 0 Å². The summed E-state index contributed by atoms with van der Waals surface area (Å²) in [6.07, 6.45) is -0.0139. The zero-order chi connectivity index (χ0) is 5.49. The molecule has 3 N–H and O–H groups in total. The van der Waals surface area contributed by atoms with Crippen LogP contribution in [-0.4, -0.2) is 12.0 Å². The van der Waals surface area contributed by atoms with Crippen LogP contribution < -0.4 is 5.73 Å². The van der Waals surface area contributed by atoms with Gasteiger partial charge in [-0.3, -0.25) is 0 Å². The molecule has 1 saturated carbocycles. The van der Waals surface area contributed by atoms with Crippen molar-refractivity contribution < 1.29 is 41.8 Å². The predicted molar refractivity (Wildman–Crippen MR) is 20.9 cm³/mol. The number of rotatable bonds is 0. The molecule has 8 heavy (non-hydrogen) atoms. The van der Waals surface area contributed by atoms with Gasteiger partial charge in [0.2, 0.25) is 0 Å². The van der Waals surface area contributed by atoms with E-state index in [4.69, 9.17) is 0 Å². The first-order chi connectivity index (χ1) is 3.10. The minimum atomic E-state index is -2.37. The van der Waals surface area contributed by atoms with E-state index in [1.165, 1.54) is 0 Å². The summed E-state index contributed by atoms with van der Waals surface area (Å²) in [5.41, 5.74) is 3.46. The molecule has 0 aromatic rings. The van der Waals surface area contributed by atoms with E-state index in [2.05, 4.69) is 5.73 Å². The van der Waals surface area contributed by atoms with Gasteiger partial charge in [0.05, 0.1) is 18.9 Å². The van der Waals surface area contributed by atoms with Crippen molar-refractivity contribution in [3.63, 3.8) is 0 Å². The maximum atomic E-state index is 11.7. The fraction of sp³-hybridized carbons (Fsp3) is 1.00. The molecular weight excluding hydrogens is 212 g/mol. The summed E-state index contributed by atoms with van der Waals surface area (Å²) in [6, 6.07) is 0.00926. The van der Waals surface area contributed by atoms with Crippen LogP contribution in [0.1, 0.15) is 12.8 Å². The molecule has 42 valence electrons. The van der Waals surface area contributed by atoms with Crippen molar-refractivity contribution in [3.8, 4) is 0 Å². The Balaban J connectivity index is 0.000000490. The second-order valence-corrected chi connectivity index (χ2v) is 2.13. The van der Waals surface area contributed by atoms with Gasteiger partial charge in [0.25, 0.3) is 5.92 Å². The monoisotopic (exact) mass is 222 g/mol. The Morgan fingerprint density at radius 3 is 1.75 bits per heavy atom. The Labute approximate surface area is 66.8 Å². The van der Waals surface area contributed by atoms with E-state index in [0.717, 1.165) is 0 Å². The minimum Gasteiger partial charge on any atom is -0.355 e. The van der Waals surface area contributed by atoms with Gasteiger partial charge in [0.15, 0.2) is 0 Å². The molecule has 0 atom stereocenters. The third kappa shape index (κ3) is 1.93. The Morgan fingerprint density at radius 2 is 1.75 bits per heavy atom. The third-order valence-corrected chi connectivity index (χ3v) is 1.17. The fourth-order valence-corrected chi connectivity index (χ4v) is 0.785. The van der Waals surface area contributed by atoms with Gasteiger partial charge in [-0.1, -0.05) is 0 Å². The molecule has 0 saturated heterocycles. The van der Waals surface area contributed by atoms with Crippen LogP contribution in [0.15, 0.2) is 0 Å². The standard InChI is InChI=1S/C4H7F2N.Cd/c5-4(6)1-3(7)2-4;/h3H,1-2,7H2;/q;+2/p+1. The summed E-state index contributed by atoms with van der Waals surface area (Å²) in [6.45, 7) is 0. The van der Waals surface area contributed by atoms with E-state index in [0.29, 0.717) is 0 Å². The first-order valence-electron chi connectivity index (χ1n) is 2.31. The van der Waals surface area contributed by atoms with Crippen molar-refractivity contribution in [2.75, 3.05) is 0 Å². The molecule has 1 fully saturated rings. The van der Waals surface area contributed by atoms with E-state index in [-0.39, 0.29) is 46.2 Å². The van der Waals surface area contributed by atoms with Gasteiger partial charge in [0, 0.05) is 0 Å². The van der Waals surface area contributed by atoms with E-state index in [1.807, 2.05) is 0 Å². The van der Waals surface area contributed by atoms with Gasteiger partial charge < -0.3 is 5.73 Å². The van der Waals surface area contributed by atoms with Crippen molar-refractivity contribution in [2.24, 2.45) is 0 Å². The molecule has 1 rings (SSSR count). The van der Waals surface area contributed by atoms with E-state index < -0.39 is 5.92 Å². The smallest absolute Gasteiger partial charge is 0.355 e. The van der Waals surface area contributed by atoms with E-state index >= 15 is 0 Å². The van der Waals surface area contributed by atoms with Crippen LogP contribution in [0.5, 0.6) is 0 Å². The molecular formula is C4H8CdF2N+3. The van der Waals surface area contributed by atoms with Gasteiger partial charge in [-0.2, -0.15) is 0 Å². The SMILES string of the molecule is [Cd+2].[NH3+]C1CC(F)(F)C1. The van der Waals surface area contributed by atoms with Crippen LogP contribution in [-0.2, 0) is 27.3 Å². The summed E-state index contributed by atoms with van der Waals surface area (Å²) < 4.78 is 23.5. The van der Waals surface area contributed by atoms with Gasteiger partial charge in [0.1, 0.15) is 0 Å². The van der Waals surface area contributed by atoms with Crippen molar-refractivity contribution in [1.29, 1.82) is 0 Å². The number of quaternary nitrogens is 1. The Morgan fingerprint density at radius 1 is 1.38 bits per heavy atom. The topological polar surface area (TPSA) is 27.6 Å². The Hall–Kier alpha value is 0.742. The van der Waals surface area contributed by atoms with Crippen LogP contribution in [0.3, 0.4) is 0 Å². The van der Waals surface area contributed by atoms with Gasteiger partial charge in [-0.25, -0.2) is 8.78 Å². The zero-order valence-electron chi connectivity index (χ0n) is 4.66. The largest absolute Gasteiger partial charge is 2.00 e. The van der Waals surface area contributed by atoms with E-state index in [1.54, 1.807) is 0 Å². The van der Waals surface area contributed by atoms with Crippen molar-refractivity contribution >= 4 is 0 Å². The Bertz CT molecular complexity index is 78.1. The Kier molecular flexibility index (Phi) is 2.79. The van der Waals surface area contributed by atoms with Gasteiger partial charge in [-0.15, -0.1) is 0 Å². The molecule has 0 spiro atoms. The first-order valence-corrected chi connectivity index (χ1v) is 2.31. The summed E-state index contributed by atoms with van der Waals surface area (Å²) >= 11 is 0. The average molecular weight is 221 g/mol. The van der Waals surface area contributed by atoms with Crippen LogP contribution in [0.2, 0.25) is 0 Å². The quantitative estimate of drug-likeness (QED) is 0.558. The third-order valence-electron chi connectivity index (χ3n) is 1.17. The molecule has 0 aliphatic heterocycles. The van der Waals surface area contributed by atoms with Crippen LogP contribution >= 0.6 is 0 Å². The maximum absolute atomic E-state index is 11.7. The molecule has 0 radical (unpaired) electrons. The summed E-state index contributed by atoms with van der Waals surface area (Å²) in [4.78, 5) is 0. The second kappa shape index (κ2) is 2.55. The molecule has 1 aliphatic rings. The molecule has 0 bridgehead atoms. The molecule has 0 aromatic carbocycles. The number of alkyl halides is 2. The molecule has 0 amide bonds. The second-order valence-electron chi connectivity index (χ2n) is 2.13. The molecule has 1 nitrogen and oxygen atoms in total. The minimum absolute atomic E-state index is 0. The fourth-order valence-electron chi connectivity index (χ4n) is 0.785. The maximum Gasteiger partial charge on any atom is 2.00 e. The number of hydrogen-bond donors (Lipinski definition) is 1. The molecule has 0 aromatic heterocycles. The van der Waals surface area contributed by atoms with E-state index in [9.17, 15) is 8.78 Å². The summed E-state index contributed by atoms with van der Waals surface area (Å²) in [5, 5.41) is 0. The summed E-state index contributed by atoms with van der Waals surface area (Å²) in [5.74, 6) is -2.37. The first kappa shape index (κ1) is 8.74. The van der Waals surface area contributed by atoms with Crippen molar-refractivity contribution in [3.05, 3.63) is 0 Å². The molecule has 4 heteroatoms. The molecule has 0 heterocycles.